The van der Waals surface area contributed by atoms with Crippen LogP contribution >= 0.6 is 0 Å². The molecule has 0 saturated carbocycles. The molecule has 5 aromatic rings. The van der Waals surface area contributed by atoms with Gasteiger partial charge in [-0.2, -0.15) is 18.3 Å². The molecule has 0 radical (unpaired) electrons. The highest BCUT2D eigenvalue weighted by Gasteiger charge is 2.30. The second-order valence-electron chi connectivity index (χ2n) is 7.22. The molecule has 0 amide bonds. The van der Waals surface area contributed by atoms with Crippen molar-refractivity contribution >= 4 is 17.4 Å². The van der Waals surface area contributed by atoms with Gasteiger partial charge in [-0.3, -0.25) is 9.08 Å². The van der Waals surface area contributed by atoms with Crippen molar-refractivity contribution in [2.24, 2.45) is 7.05 Å². The third-order valence-corrected chi connectivity index (χ3v) is 4.99. The molecule has 0 bridgehead atoms. The molecule has 12 heteroatoms. The van der Waals surface area contributed by atoms with Crippen LogP contribution in [0.15, 0.2) is 61.2 Å². The largest absolute Gasteiger partial charge is 0.416 e. The second-order valence-corrected chi connectivity index (χ2v) is 7.22. The van der Waals surface area contributed by atoms with E-state index in [-0.39, 0.29) is 0 Å². The molecule has 1 aromatic carbocycles. The van der Waals surface area contributed by atoms with Crippen molar-refractivity contribution in [1.82, 2.24) is 39.3 Å². The molecule has 0 spiro atoms. The lowest BCUT2D eigenvalue weighted by atomic mass is 10.1. The molecule has 0 aliphatic heterocycles. The highest BCUT2D eigenvalue weighted by atomic mass is 19.4. The van der Waals surface area contributed by atoms with Crippen LogP contribution in [-0.4, -0.2) is 39.3 Å². The van der Waals surface area contributed by atoms with Crippen LogP contribution in [-0.2, 0) is 19.6 Å². The summed E-state index contributed by atoms with van der Waals surface area (Å²) in [7, 11) is 1.80. The number of anilines is 2. The number of halogens is 3. The highest BCUT2D eigenvalue weighted by molar-refractivity contribution is 5.61. The third kappa shape index (κ3) is 4.22. The maximum absolute atomic E-state index is 12.8. The summed E-state index contributed by atoms with van der Waals surface area (Å²) in [6.45, 7) is 0. The first-order valence-electron chi connectivity index (χ1n) is 9.81. The van der Waals surface area contributed by atoms with Crippen LogP contribution < -0.4 is 5.32 Å². The molecule has 0 saturated heterocycles. The third-order valence-electron chi connectivity index (χ3n) is 4.99. The fourth-order valence-corrected chi connectivity index (χ4v) is 3.27. The van der Waals surface area contributed by atoms with E-state index in [2.05, 4.69) is 35.6 Å². The van der Waals surface area contributed by atoms with Gasteiger partial charge in [-0.25, -0.2) is 15.0 Å². The van der Waals surface area contributed by atoms with E-state index in [1.54, 1.807) is 53.1 Å². The minimum absolute atomic E-state index is 0.312. The lowest BCUT2D eigenvalue weighted by molar-refractivity contribution is -0.137. The predicted molar refractivity (Wildman–Crippen MR) is 113 cm³/mol. The van der Waals surface area contributed by atoms with Gasteiger partial charge >= 0.3 is 6.18 Å². The molecular formula is C21H16F3N9. The van der Waals surface area contributed by atoms with E-state index in [9.17, 15) is 13.2 Å². The van der Waals surface area contributed by atoms with Gasteiger partial charge in [-0.1, -0.05) is 12.1 Å². The summed E-state index contributed by atoms with van der Waals surface area (Å²) in [5.74, 6) is 1.69. The maximum atomic E-state index is 12.8. The first-order chi connectivity index (χ1) is 15.9. The molecular weight excluding hydrogens is 435 g/mol. The summed E-state index contributed by atoms with van der Waals surface area (Å²) >= 11 is 0. The van der Waals surface area contributed by atoms with E-state index in [4.69, 9.17) is 0 Å². The minimum Gasteiger partial charge on any atom is -0.309 e. The normalized spacial score (nSPS) is 11.8. The summed E-state index contributed by atoms with van der Waals surface area (Å²) in [5.41, 5.74) is 1.70. The molecule has 4 aromatic heterocycles. The van der Waals surface area contributed by atoms with Gasteiger partial charge in [-0.05, 0) is 23.8 Å². The molecule has 0 aliphatic carbocycles. The first-order valence-corrected chi connectivity index (χ1v) is 9.81. The molecule has 1 N–H and O–H groups in total. The van der Waals surface area contributed by atoms with Crippen molar-refractivity contribution in [3.05, 3.63) is 78.1 Å². The summed E-state index contributed by atoms with van der Waals surface area (Å²) in [6.07, 6.45) is 0.795. The Hall–Kier alpha value is -4.35. The van der Waals surface area contributed by atoms with Crippen LogP contribution in [0, 0.1) is 0 Å². The van der Waals surface area contributed by atoms with E-state index < -0.39 is 11.7 Å². The lowest BCUT2D eigenvalue weighted by Gasteiger charge is -2.07. The van der Waals surface area contributed by atoms with E-state index in [0.717, 1.165) is 18.0 Å². The Morgan fingerprint density at radius 2 is 1.76 bits per heavy atom. The van der Waals surface area contributed by atoms with Crippen LogP contribution in [0.25, 0.3) is 17.0 Å². The fraction of sp³-hybridized carbons (Fsp3) is 0.143. The van der Waals surface area contributed by atoms with Gasteiger partial charge in [0.25, 0.3) is 0 Å². The van der Waals surface area contributed by atoms with Gasteiger partial charge in [0, 0.05) is 31.8 Å². The van der Waals surface area contributed by atoms with Crippen molar-refractivity contribution in [2.75, 3.05) is 5.32 Å². The monoisotopic (exact) mass is 451 g/mol. The smallest absolute Gasteiger partial charge is 0.309 e. The Kier molecular flexibility index (Phi) is 4.96. The Labute approximate surface area is 185 Å². The summed E-state index contributed by atoms with van der Waals surface area (Å²) in [5, 5.41) is 15.5. The molecule has 9 nitrogen and oxygen atoms in total. The highest BCUT2D eigenvalue weighted by Crippen LogP contribution is 2.29. The number of aromatic nitrogens is 8. The van der Waals surface area contributed by atoms with Crippen molar-refractivity contribution < 1.29 is 13.2 Å². The summed E-state index contributed by atoms with van der Waals surface area (Å²) in [4.78, 5) is 13.2. The summed E-state index contributed by atoms with van der Waals surface area (Å²) < 4.78 is 41.7. The molecule has 0 unspecified atom stereocenters. The second kappa shape index (κ2) is 7.97. The quantitative estimate of drug-likeness (QED) is 0.435. The Balaban J connectivity index is 1.38. The molecule has 5 rings (SSSR count). The van der Waals surface area contributed by atoms with E-state index in [1.807, 2.05) is 0 Å². The van der Waals surface area contributed by atoms with Gasteiger partial charge in [0.2, 0.25) is 5.95 Å². The first kappa shape index (κ1) is 20.5. The van der Waals surface area contributed by atoms with Gasteiger partial charge < -0.3 is 5.32 Å². The molecule has 33 heavy (non-hydrogen) atoms. The van der Waals surface area contributed by atoms with Gasteiger partial charge in [0.1, 0.15) is 18.0 Å². The number of alkyl halides is 3. The number of aryl methyl sites for hydroxylation is 1. The lowest BCUT2D eigenvalue weighted by Crippen LogP contribution is -2.05. The Morgan fingerprint density at radius 3 is 2.48 bits per heavy atom. The van der Waals surface area contributed by atoms with E-state index in [1.165, 1.54) is 12.1 Å². The number of rotatable bonds is 5. The molecule has 0 aliphatic rings. The average Bonchev–Trinajstić information content (AvgIpc) is 3.39. The molecule has 0 atom stereocenters. The fourth-order valence-electron chi connectivity index (χ4n) is 3.27. The van der Waals surface area contributed by atoms with E-state index in [0.29, 0.717) is 40.8 Å². The zero-order chi connectivity index (χ0) is 23.0. The van der Waals surface area contributed by atoms with Crippen LogP contribution in [0.2, 0.25) is 0 Å². The summed E-state index contributed by atoms with van der Waals surface area (Å²) in [6, 6.07) is 10.2. The molecule has 4 heterocycles. The van der Waals surface area contributed by atoms with Crippen molar-refractivity contribution in [2.45, 2.75) is 12.6 Å². The molecule has 166 valence electrons. The van der Waals surface area contributed by atoms with Crippen LogP contribution in [0.4, 0.5) is 24.9 Å². The number of nitrogens with zero attached hydrogens (tertiary/aromatic N) is 8. The number of benzene rings is 1. The van der Waals surface area contributed by atoms with Gasteiger partial charge in [0.15, 0.2) is 5.65 Å². The van der Waals surface area contributed by atoms with E-state index >= 15 is 0 Å². The van der Waals surface area contributed by atoms with Crippen LogP contribution in [0.1, 0.15) is 17.0 Å². The van der Waals surface area contributed by atoms with Crippen LogP contribution in [0.3, 0.4) is 0 Å². The molecule has 0 fully saturated rings. The predicted octanol–water partition coefficient (Wildman–Crippen LogP) is 3.67. The Morgan fingerprint density at radius 1 is 0.939 bits per heavy atom. The van der Waals surface area contributed by atoms with Crippen molar-refractivity contribution in [3.63, 3.8) is 0 Å². The number of fused-ring (bicyclic) bond motifs is 1. The number of hydrogen-bond donors (Lipinski definition) is 1. The van der Waals surface area contributed by atoms with Crippen molar-refractivity contribution in [3.8, 4) is 11.4 Å². The maximum Gasteiger partial charge on any atom is 0.416 e. The Bertz CT molecular complexity index is 1420. The number of hydrogen-bond acceptors (Lipinski definition) is 7. The zero-order valence-electron chi connectivity index (χ0n) is 17.2. The van der Waals surface area contributed by atoms with Gasteiger partial charge in [-0.15, -0.1) is 10.2 Å². The number of nitrogens with one attached hydrogen (secondary N) is 1. The topological polar surface area (TPSA) is 98.7 Å². The standard InChI is InChI=1S/C21H16F3N9/c1-32-17(7-9-27-32)29-20-25-8-6-15(28-20)16-11-19-31-30-18(33(19)12-26-16)10-13-2-4-14(5-3-13)21(22,23)24/h2-9,11-12H,10H2,1H3,(H,25,28,29). The van der Waals surface area contributed by atoms with Gasteiger partial charge in [0.05, 0.1) is 23.1 Å². The van der Waals surface area contributed by atoms with Crippen molar-refractivity contribution in [1.29, 1.82) is 0 Å². The minimum atomic E-state index is -4.37. The zero-order valence-corrected chi connectivity index (χ0v) is 17.2. The average molecular weight is 451 g/mol. The van der Waals surface area contributed by atoms with Crippen LogP contribution in [0.5, 0.6) is 0 Å². The SMILES string of the molecule is Cn1nccc1Nc1nccc(-c2cc3nnc(Cc4ccc(C(F)(F)F)cc4)n3cn2)n1.